The standard InChI is InChI=1S/C22H26N2O4S/c1-14-6-11-18(23-20(14)27-5)19(25)15-7-9-16(10-8-15)29-17-12-24(13-17)21(26)28-22(2,3)4/h6-11,17H,12-13H2,1-5H3. The summed E-state index contributed by atoms with van der Waals surface area (Å²) < 4.78 is 10.6. The summed E-state index contributed by atoms with van der Waals surface area (Å²) in [5.41, 5.74) is 1.35. The van der Waals surface area contributed by atoms with Gasteiger partial charge in [-0.2, -0.15) is 0 Å². The van der Waals surface area contributed by atoms with Crippen LogP contribution in [0.15, 0.2) is 41.3 Å². The van der Waals surface area contributed by atoms with Gasteiger partial charge in [0.05, 0.1) is 7.11 Å². The number of ketones is 1. The molecule has 0 bridgehead atoms. The van der Waals surface area contributed by atoms with Crippen molar-refractivity contribution in [1.29, 1.82) is 0 Å². The first-order valence-corrected chi connectivity index (χ1v) is 10.4. The Kier molecular flexibility index (Phi) is 6.17. The van der Waals surface area contributed by atoms with Gasteiger partial charge in [-0.05, 0) is 58.0 Å². The Labute approximate surface area is 175 Å². The molecule has 2 aromatic rings. The predicted molar refractivity (Wildman–Crippen MR) is 113 cm³/mol. The Morgan fingerprint density at radius 1 is 1.10 bits per heavy atom. The minimum Gasteiger partial charge on any atom is -0.481 e. The van der Waals surface area contributed by atoms with E-state index in [1.807, 2.05) is 58.0 Å². The van der Waals surface area contributed by atoms with E-state index in [1.54, 1.807) is 29.8 Å². The van der Waals surface area contributed by atoms with Crippen LogP contribution in [0.3, 0.4) is 0 Å². The number of likely N-dealkylation sites (tertiary alicyclic amines) is 1. The fraction of sp³-hybridized carbons (Fsp3) is 0.409. The predicted octanol–water partition coefficient (Wildman–Crippen LogP) is 4.34. The van der Waals surface area contributed by atoms with E-state index < -0.39 is 5.60 Å². The molecule has 1 saturated heterocycles. The van der Waals surface area contributed by atoms with E-state index in [0.717, 1.165) is 10.5 Å². The highest BCUT2D eigenvalue weighted by molar-refractivity contribution is 8.00. The van der Waals surface area contributed by atoms with E-state index in [1.165, 1.54) is 0 Å². The first-order valence-electron chi connectivity index (χ1n) is 9.47. The first kappa shape index (κ1) is 21.2. The zero-order valence-electron chi connectivity index (χ0n) is 17.4. The molecule has 29 heavy (non-hydrogen) atoms. The van der Waals surface area contributed by atoms with Gasteiger partial charge in [0, 0.05) is 34.4 Å². The summed E-state index contributed by atoms with van der Waals surface area (Å²) >= 11 is 1.70. The molecule has 1 fully saturated rings. The molecule has 1 aliphatic heterocycles. The highest BCUT2D eigenvalue weighted by atomic mass is 32.2. The molecule has 0 spiro atoms. The molecule has 154 valence electrons. The van der Waals surface area contributed by atoms with Crippen LogP contribution >= 0.6 is 11.8 Å². The number of carbonyl (C=O) groups is 2. The molecule has 0 saturated carbocycles. The molecule has 1 aliphatic rings. The minimum atomic E-state index is -0.478. The molecule has 1 aromatic heterocycles. The van der Waals surface area contributed by atoms with Crippen molar-refractivity contribution in [3.63, 3.8) is 0 Å². The molecule has 0 atom stereocenters. The lowest BCUT2D eigenvalue weighted by Crippen LogP contribution is -2.53. The molecule has 0 radical (unpaired) electrons. The SMILES string of the molecule is COc1nc(C(=O)c2ccc(SC3CN(C(=O)OC(C)(C)C)C3)cc2)ccc1C. The summed E-state index contributed by atoms with van der Waals surface area (Å²) in [5.74, 6) is 0.321. The number of methoxy groups -OCH3 is 1. The number of thioether (sulfide) groups is 1. The topological polar surface area (TPSA) is 68.7 Å². The van der Waals surface area contributed by atoms with Crippen molar-refractivity contribution in [2.24, 2.45) is 0 Å². The molecule has 1 amide bonds. The second-order valence-electron chi connectivity index (χ2n) is 8.00. The summed E-state index contributed by atoms with van der Waals surface area (Å²) in [6.45, 7) is 8.79. The van der Waals surface area contributed by atoms with Crippen molar-refractivity contribution >= 4 is 23.6 Å². The van der Waals surface area contributed by atoms with Crippen LogP contribution in [0.5, 0.6) is 5.88 Å². The third kappa shape index (κ3) is 5.29. The maximum atomic E-state index is 12.7. The average Bonchev–Trinajstić information content (AvgIpc) is 2.63. The molecule has 0 N–H and O–H groups in total. The summed E-state index contributed by atoms with van der Waals surface area (Å²) in [6, 6.07) is 11.0. The molecule has 0 unspecified atom stereocenters. The van der Waals surface area contributed by atoms with Crippen molar-refractivity contribution in [2.75, 3.05) is 20.2 Å². The van der Waals surface area contributed by atoms with E-state index >= 15 is 0 Å². The van der Waals surface area contributed by atoms with E-state index in [9.17, 15) is 9.59 Å². The quantitative estimate of drug-likeness (QED) is 0.678. The highest BCUT2D eigenvalue weighted by Gasteiger charge is 2.34. The third-order valence-electron chi connectivity index (χ3n) is 4.40. The number of hydrogen-bond acceptors (Lipinski definition) is 6. The fourth-order valence-corrected chi connectivity index (χ4v) is 4.04. The van der Waals surface area contributed by atoms with E-state index in [-0.39, 0.29) is 11.9 Å². The van der Waals surface area contributed by atoms with Crippen LogP contribution in [0.2, 0.25) is 0 Å². The van der Waals surface area contributed by atoms with Crippen LogP contribution in [0.1, 0.15) is 42.4 Å². The van der Waals surface area contributed by atoms with E-state index in [0.29, 0.717) is 35.5 Å². The number of benzene rings is 1. The van der Waals surface area contributed by atoms with Crippen molar-refractivity contribution in [3.05, 3.63) is 53.2 Å². The Hall–Kier alpha value is -2.54. The second-order valence-corrected chi connectivity index (χ2v) is 9.38. The number of aryl methyl sites for hydroxylation is 1. The van der Waals surface area contributed by atoms with E-state index in [4.69, 9.17) is 9.47 Å². The number of ether oxygens (including phenoxy) is 2. The molecule has 0 aliphatic carbocycles. The molecule has 3 rings (SSSR count). The number of rotatable bonds is 5. The number of hydrogen-bond donors (Lipinski definition) is 0. The molecule has 1 aromatic carbocycles. The lowest BCUT2D eigenvalue weighted by Gasteiger charge is -2.39. The van der Waals surface area contributed by atoms with Crippen molar-refractivity contribution in [3.8, 4) is 5.88 Å². The minimum absolute atomic E-state index is 0.139. The van der Waals surface area contributed by atoms with Crippen LogP contribution in [-0.2, 0) is 4.74 Å². The van der Waals surface area contributed by atoms with Gasteiger partial charge in [0.2, 0.25) is 11.7 Å². The second kappa shape index (κ2) is 8.45. The van der Waals surface area contributed by atoms with Gasteiger partial charge in [-0.15, -0.1) is 11.8 Å². The Morgan fingerprint density at radius 3 is 2.34 bits per heavy atom. The van der Waals surface area contributed by atoms with Gasteiger partial charge < -0.3 is 14.4 Å². The molecular weight excluding hydrogens is 388 g/mol. The monoisotopic (exact) mass is 414 g/mol. The van der Waals surface area contributed by atoms with Gasteiger partial charge in [0.15, 0.2) is 0 Å². The zero-order chi connectivity index (χ0) is 21.2. The molecule has 7 heteroatoms. The van der Waals surface area contributed by atoms with Crippen LogP contribution in [0, 0.1) is 6.92 Å². The summed E-state index contributed by atoms with van der Waals surface area (Å²) in [7, 11) is 1.54. The normalized spacial score (nSPS) is 14.3. The summed E-state index contributed by atoms with van der Waals surface area (Å²) in [6.07, 6.45) is -0.267. The van der Waals surface area contributed by atoms with Crippen LogP contribution in [0.4, 0.5) is 4.79 Å². The molecular formula is C22H26N2O4S. The van der Waals surface area contributed by atoms with Gasteiger partial charge in [0.25, 0.3) is 0 Å². The average molecular weight is 415 g/mol. The smallest absolute Gasteiger partial charge is 0.410 e. The lowest BCUT2D eigenvalue weighted by molar-refractivity contribution is 0.0144. The van der Waals surface area contributed by atoms with Crippen molar-refractivity contribution in [1.82, 2.24) is 9.88 Å². The first-order chi connectivity index (χ1) is 13.7. The number of pyridine rings is 1. The van der Waals surface area contributed by atoms with Gasteiger partial charge in [-0.1, -0.05) is 6.07 Å². The van der Waals surface area contributed by atoms with Gasteiger partial charge in [0.1, 0.15) is 11.3 Å². The fourth-order valence-electron chi connectivity index (χ4n) is 2.86. The lowest BCUT2D eigenvalue weighted by atomic mass is 10.1. The van der Waals surface area contributed by atoms with Crippen molar-refractivity contribution in [2.45, 2.75) is 43.4 Å². The van der Waals surface area contributed by atoms with Crippen LogP contribution in [0.25, 0.3) is 0 Å². The van der Waals surface area contributed by atoms with Crippen LogP contribution in [-0.4, -0.2) is 52.8 Å². The van der Waals surface area contributed by atoms with Gasteiger partial charge in [-0.3, -0.25) is 4.79 Å². The molecule has 2 heterocycles. The maximum Gasteiger partial charge on any atom is 0.410 e. The maximum absolute atomic E-state index is 12.7. The summed E-state index contributed by atoms with van der Waals surface area (Å²) in [5, 5.41) is 0.326. The highest BCUT2D eigenvalue weighted by Crippen LogP contribution is 2.31. The largest absolute Gasteiger partial charge is 0.481 e. The Balaban J connectivity index is 1.56. The third-order valence-corrected chi connectivity index (χ3v) is 5.57. The van der Waals surface area contributed by atoms with Gasteiger partial charge >= 0.3 is 6.09 Å². The molecule has 6 nitrogen and oxygen atoms in total. The zero-order valence-corrected chi connectivity index (χ0v) is 18.2. The number of carbonyl (C=O) groups excluding carboxylic acids is 2. The Bertz CT molecular complexity index is 900. The Morgan fingerprint density at radius 2 is 1.76 bits per heavy atom. The number of aromatic nitrogens is 1. The van der Waals surface area contributed by atoms with E-state index in [2.05, 4.69) is 4.98 Å². The van der Waals surface area contributed by atoms with Crippen LogP contribution < -0.4 is 4.74 Å². The number of nitrogens with zero attached hydrogens (tertiary/aromatic N) is 2. The number of amides is 1. The van der Waals surface area contributed by atoms with Crippen molar-refractivity contribution < 1.29 is 19.1 Å². The van der Waals surface area contributed by atoms with Gasteiger partial charge in [-0.25, -0.2) is 9.78 Å². The summed E-state index contributed by atoms with van der Waals surface area (Å²) in [4.78, 5) is 31.7.